The third-order valence-electron chi connectivity index (χ3n) is 2.88. The number of hydrogen-bond acceptors (Lipinski definition) is 2. The number of carboxylic acid groups (broad SMARTS) is 1. The standard InChI is InChI=1S/C14H13FO3/c1-9-4-5-10(7-13(9)15)12(14(16)17)8-11-3-2-6-18-11/h2-7,12H,8H2,1H3,(H,16,17). The highest BCUT2D eigenvalue weighted by atomic mass is 19.1. The molecule has 1 atom stereocenters. The van der Waals surface area contributed by atoms with Crippen molar-refractivity contribution in [2.45, 2.75) is 19.3 Å². The summed E-state index contributed by atoms with van der Waals surface area (Å²) in [5.74, 6) is -1.61. The highest BCUT2D eigenvalue weighted by Gasteiger charge is 2.22. The van der Waals surface area contributed by atoms with Crippen molar-refractivity contribution in [3.8, 4) is 0 Å². The minimum absolute atomic E-state index is 0.213. The van der Waals surface area contributed by atoms with Crippen molar-refractivity contribution >= 4 is 5.97 Å². The van der Waals surface area contributed by atoms with Crippen LogP contribution in [0.15, 0.2) is 41.0 Å². The van der Waals surface area contributed by atoms with Crippen LogP contribution in [0, 0.1) is 12.7 Å². The number of rotatable bonds is 4. The van der Waals surface area contributed by atoms with Gasteiger partial charge in [-0.2, -0.15) is 0 Å². The van der Waals surface area contributed by atoms with E-state index in [0.29, 0.717) is 16.9 Å². The zero-order valence-corrected chi connectivity index (χ0v) is 9.89. The van der Waals surface area contributed by atoms with Crippen LogP contribution in [0.2, 0.25) is 0 Å². The molecule has 1 heterocycles. The van der Waals surface area contributed by atoms with E-state index in [1.54, 1.807) is 31.2 Å². The van der Waals surface area contributed by atoms with Crippen molar-refractivity contribution in [1.82, 2.24) is 0 Å². The molecular formula is C14H13FO3. The molecule has 2 rings (SSSR count). The minimum atomic E-state index is -0.991. The first-order valence-electron chi connectivity index (χ1n) is 5.59. The van der Waals surface area contributed by atoms with Crippen LogP contribution in [0.25, 0.3) is 0 Å². The smallest absolute Gasteiger partial charge is 0.311 e. The molecule has 1 N–H and O–H groups in total. The first kappa shape index (κ1) is 12.4. The van der Waals surface area contributed by atoms with Gasteiger partial charge >= 0.3 is 5.97 Å². The number of carbonyl (C=O) groups is 1. The fourth-order valence-corrected chi connectivity index (χ4v) is 1.80. The molecular weight excluding hydrogens is 235 g/mol. The van der Waals surface area contributed by atoms with Gasteiger partial charge in [0.25, 0.3) is 0 Å². The SMILES string of the molecule is Cc1ccc(C(Cc2ccco2)C(=O)O)cc1F. The van der Waals surface area contributed by atoms with Gasteiger partial charge in [0.15, 0.2) is 0 Å². The molecule has 1 aromatic carbocycles. The van der Waals surface area contributed by atoms with Crippen LogP contribution in [0.4, 0.5) is 4.39 Å². The summed E-state index contributed by atoms with van der Waals surface area (Å²) < 4.78 is 18.6. The van der Waals surface area contributed by atoms with E-state index in [1.807, 2.05) is 0 Å². The van der Waals surface area contributed by atoms with E-state index < -0.39 is 17.7 Å². The Balaban J connectivity index is 2.29. The summed E-state index contributed by atoms with van der Waals surface area (Å²) in [7, 11) is 0. The lowest BCUT2D eigenvalue weighted by molar-refractivity contribution is -0.138. The Hall–Kier alpha value is -2.10. The van der Waals surface area contributed by atoms with Gasteiger partial charge in [0.1, 0.15) is 11.6 Å². The molecule has 0 amide bonds. The molecule has 3 nitrogen and oxygen atoms in total. The molecule has 0 radical (unpaired) electrons. The maximum atomic E-state index is 13.5. The van der Waals surface area contributed by atoms with Crippen molar-refractivity contribution in [2.24, 2.45) is 0 Å². The summed E-state index contributed by atoms with van der Waals surface area (Å²) in [6, 6.07) is 7.91. The molecule has 0 aliphatic heterocycles. The van der Waals surface area contributed by atoms with Gasteiger partial charge in [0.2, 0.25) is 0 Å². The first-order chi connectivity index (χ1) is 8.58. The van der Waals surface area contributed by atoms with Crippen LogP contribution in [0.3, 0.4) is 0 Å². The second-order valence-electron chi connectivity index (χ2n) is 4.18. The zero-order chi connectivity index (χ0) is 13.1. The average Bonchev–Trinajstić information content (AvgIpc) is 2.82. The van der Waals surface area contributed by atoms with Crippen LogP contribution >= 0.6 is 0 Å². The lowest BCUT2D eigenvalue weighted by atomic mass is 9.94. The molecule has 0 aliphatic rings. The van der Waals surface area contributed by atoms with E-state index in [2.05, 4.69) is 0 Å². The van der Waals surface area contributed by atoms with Crippen molar-refractivity contribution in [3.63, 3.8) is 0 Å². The van der Waals surface area contributed by atoms with E-state index in [0.717, 1.165) is 0 Å². The number of halogens is 1. The second-order valence-corrected chi connectivity index (χ2v) is 4.18. The van der Waals surface area contributed by atoms with Gasteiger partial charge in [-0.15, -0.1) is 0 Å². The molecule has 0 fully saturated rings. The summed E-state index contributed by atoms with van der Waals surface area (Å²) >= 11 is 0. The van der Waals surface area contributed by atoms with Crippen molar-refractivity contribution in [2.75, 3.05) is 0 Å². The molecule has 2 aromatic rings. The molecule has 0 bridgehead atoms. The highest BCUT2D eigenvalue weighted by Crippen LogP contribution is 2.23. The highest BCUT2D eigenvalue weighted by molar-refractivity contribution is 5.76. The van der Waals surface area contributed by atoms with Crippen LogP contribution in [-0.4, -0.2) is 11.1 Å². The van der Waals surface area contributed by atoms with E-state index in [4.69, 9.17) is 4.42 Å². The van der Waals surface area contributed by atoms with Crippen LogP contribution in [0.5, 0.6) is 0 Å². The van der Waals surface area contributed by atoms with E-state index in [-0.39, 0.29) is 6.42 Å². The predicted molar refractivity (Wildman–Crippen MR) is 63.9 cm³/mol. The van der Waals surface area contributed by atoms with Crippen molar-refractivity contribution in [1.29, 1.82) is 0 Å². The molecule has 4 heteroatoms. The van der Waals surface area contributed by atoms with Crippen molar-refractivity contribution < 1.29 is 18.7 Å². The number of aliphatic carboxylic acids is 1. The zero-order valence-electron chi connectivity index (χ0n) is 9.89. The summed E-state index contributed by atoms with van der Waals surface area (Å²) in [6.45, 7) is 1.64. The summed E-state index contributed by atoms with van der Waals surface area (Å²) in [5, 5.41) is 9.22. The Labute approximate surface area is 104 Å². The fraction of sp³-hybridized carbons (Fsp3) is 0.214. The average molecular weight is 248 g/mol. The predicted octanol–water partition coefficient (Wildman–Crippen LogP) is 3.14. The van der Waals surface area contributed by atoms with Gasteiger partial charge in [-0.1, -0.05) is 12.1 Å². The number of carboxylic acids is 1. The van der Waals surface area contributed by atoms with Crippen LogP contribution in [-0.2, 0) is 11.2 Å². The normalized spacial score (nSPS) is 12.3. The van der Waals surface area contributed by atoms with Gasteiger partial charge in [0.05, 0.1) is 12.2 Å². The lowest BCUT2D eigenvalue weighted by Crippen LogP contribution is -2.14. The third kappa shape index (κ3) is 2.59. The molecule has 94 valence electrons. The lowest BCUT2D eigenvalue weighted by Gasteiger charge is -2.12. The number of furan rings is 1. The molecule has 0 saturated carbocycles. The number of aryl methyl sites for hydroxylation is 1. The minimum Gasteiger partial charge on any atom is -0.481 e. The molecule has 18 heavy (non-hydrogen) atoms. The molecule has 1 aromatic heterocycles. The summed E-state index contributed by atoms with van der Waals surface area (Å²) in [5.41, 5.74) is 0.947. The van der Waals surface area contributed by atoms with Crippen LogP contribution < -0.4 is 0 Å². The molecule has 0 spiro atoms. The maximum Gasteiger partial charge on any atom is 0.311 e. The Kier molecular flexibility index (Phi) is 3.46. The fourth-order valence-electron chi connectivity index (χ4n) is 1.80. The number of hydrogen-bond donors (Lipinski definition) is 1. The molecule has 1 unspecified atom stereocenters. The maximum absolute atomic E-state index is 13.5. The monoisotopic (exact) mass is 248 g/mol. The van der Waals surface area contributed by atoms with Gasteiger partial charge in [0, 0.05) is 6.42 Å². The third-order valence-corrected chi connectivity index (χ3v) is 2.88. The Morgan fingerprint density at radius 1 is 1.44 bits per heavy atom. The second kappa shape index (κ2) is 5.04. The quantitative estimate of drug-likeness (QED) is 0.904. The van der Waals surface area contributed by atoms with Crippen LogP contribution in [0.1, 0.15) is 22.8 Å². The van der Waals surface area contributed by atoms with Gasteiger partial charge < -0.3 is 9.52 Å². The molecule has 0 saturated heterocycles. The Bertz CT molecular complexity index is 546. The molecule has 0 aliphatic carbocycles. The van der Waals surface area contributed by atoms with Gasteiger partial charge in [-0.25, -0.2) is 4.39 Å². The number of benzene rings is 1. The van der Waals surface area contributed by atoms with Crippen molar-refractivity contribution in [3.05, 3.63) is 59.3 Å². The Morgan fingerprint density at radius 3 is 2.78 bits per heavy atom. The van der Waals surface area contributed by atoms with Gasteiger partial charge in [-0.3, -0.25) is 4.79 Å². The van der Waals surface area contributed by atoms with Gasteiger partial charge in [-0.05, 0) is 36.2 Å². The summed E-state index contributed by atoms with van der Waals surface area (Å²) in [6.07, 6.45) is 1.70. The largest absolute Gasteiger partial charge is 0.481 e. The van der Waals surface area contributed by atoms with E-state index in [9.17, 15) is 14.3 Å². The first-order valence-corrected chi connectivity index (χ1v) is 5.59. The summed E-state index contributed by atoms with van der Waals surface area (Å²) in [4.78, 5) is 11.3. The topological polar surface area (TPSA) is 50.4 Å². The Morgan fingerprint density at radius 2 is 2.22 bits per heavy atom. The van der Waals surface area contributed by atoms with E-state index >= 15 is 0 Å². The van der Waals surface area contributed by atoms with E-state index in [1.165, 1.54) is 12.3 Å².